The fourth-order valence-corrected chi connectivity index (χ4v) is 3.44. The first kappa shape index (κ1) is 17.5. The highest BCUT2D eigenvalue weighted by Crippen LogP contribution is 2.35. The van der Waals surface area contributed by atoms with Crippen LogP contribution in [0.1, 0.15) is 24.4 Å². The number of alkyl halides is 3. The Balaban J connectivity index is 1.95. The number of rotatable bonds is 4. The van der Waals surface area contributed by atoms with Gasteiger partial charge in [-0.25, -0.2) is 4.98 Å². The van der Waals surface area contributed by atoms with Crippen LogP contribution in [0.5, 0.6) is 0 Å². The first-order valence-electron chi connectivity index (χ1n) is 8.01. The number of nitrogens with zero attached hydrogens (tertiary/aromatic N) is 2. The lowest BCUT2D eigenvalue weighted by Gasteiger charge is -2.35. The Kier molecular flexibility index (Phi) is 5.27. The van der Waals surface area contributed by atoms with Crippen molar-refractivity contribution in [3.63, 3.8) is 0 Å². The van der Waals surface area contributed by atoms with Crippen LogP contribution in [0.4, 0.5) is 13.2 Å². The van der Waals surface area contributed by atoms with Crippen LogP contribution in [0.25, 0.3) is 10.9 Å². The molecule has 1 atom stereocenters. The molecule has 0 aliphatic carbocycles. The molecule has 24 heavy (non-hydrogen) atoms. The molecule has 1 fully saturated rings. The van der Waals surface area contributed by atoms with Crippen molar-refractivity contribution >= 4 is 22.5 Å². The first-order valence-corrected chi connectivity index (χ1v) is 8.38. The summed E-state index contributed by atoms with van der Waals surface area (Å²) in [6.45, 7) is 2.93. The minimum atomic E-state index is -4.18. The van der Waals surface area contributed by atoms with E-state index >= 15 is 0 Å². The summed E-state index contributed by atoms with van der Waals surface area (Å²) in [5.41, 5.74) is 1.43. The quantitative estimate of drug-likeness (QED) is 0.832. The van der Waals surface area contributed by atoms with Gasteiger partial charge in [0.05, 0.1) is 5.52 Å². The molecule has 1 aromatic carbocycles. The monoisotopic (exact) mass is 357 g/mol. The normalized spacial score (nSPS) is 18.0. The smallest absolute Gasteiger partial charge is 0.314 e. The second kappa shape index (κ2) is 7.25. The number of halogens is 4. The molecule has 0 bridgehead atoms. The van der Waals surface area contributed by atoms with Crippen molar-refractivity contribution in [2.24, 2.45) is 0 Å². The molecule has 1 aliphatic heterocycles. The molecule has 2 heterocycles. The van der Waals surface area contributed by atoms with Gasteiger partial charge in [0.25, 0.3) is 0 Å². The van der Waals surface area contributed by atoms with Gasteiger partial charge in [-0.2, -0.15) is 13.2 Å². The molecule has 3 nitrogen and oxygen atoms in total. The first-order chi connectivity index (χ1) is 11.4. The maximum absolute atomic E-state index is 12.8. The Labute approximate surface area is 143 Å². The van der Waals surface area contributed by atoms with Crippen molar-refractivity contribution in [1.82, 2.24) is 15.2 Å². The largest absolute Gasteiger partial charge is 0.389 e. The molecule has 2 aromatic rings. The summed E-state index contributed by atoms with van der Waals surface area (Å²) < 4.78 is 38.3. The Hall–Kier alpha value is -1.37. The standard InChI is InChI=1S/C17H19ClF3N3/c18-16-13(11-12-3-1-2-4-14(12)23-16)15(5-6-17(19,20)21)24-9-7-22-8-10-24/h1-4,11,15,22H,5-10H2/t15-/m1/s1. The van der Waals surface area contributed by atoms with E-state index in [2.05, 4.69) is 15.2 Å². The van der Waals surface area contributed by atoms with Crippen molar-refractivity contribution in [3.8, 4) is 0 Å². The number of nitrogens with one attached hydrogen (secondary N) is 1. The second-order valence-electron chi connectivity index (χ2n) is 6.02. The zero-order chi connectivity index (χ0) is 17.2. The summed E-state index contributed by atoms with van der Waals surface area (Å²) in [5.74, 6) is 0. The van der Waals surface area contributed by atoms with E-state index in [1.54, 1.807) is 0 Å². The Morgan fingerprint density at radius 1 is 1.21 bits per heavy atom. The van der Waals surface area contributed by atoms with Gasteiger partial charge >= 0.3 is 6.18 Å². The van der Waals surface area contributed by atoms with Gasteiger partial charge in [-0.05, 0) is 18.6 Å². The average molecular weight is 358 g/mol. The maximum atomic E-state index is 12.8. The molecular weight excluding hydrogens is 339 g/mol. The van der Waals surface area contributed by atoms with Crippen LogP contribution in [0.15, 0.2) is 30.3 Å². The van der Waals surface area contributed by atoms with E-state index in [4.69, 9.17) is 11.6 Å². The van der Waals surface area contributed by atoms with Gasteiger partial charge in [0, 0.05) is 49.6 Å². The SMILES string of the molecule is FC(F)(F)CC[C@H](c1cc2ccccc2nc1Cl)N1CCNCC1. The fourth-order valence-electron chi connectivity index (χ4n) is 3.17. The molecule has 3 rings (SSSR count). The van der Waals surface area contributed by atoms with Crippen LogP contribution < -0.4 is 5.32 Å². The third-order valence-electron chi connectivity index (χ3n) is 4.36. The molecular formula is C17H19ClF3N3. The number of para-hydroxylation sites is 1. The Morgan fingerprint density at radius 3 is 2.62 bits per heavy atom. The lowest BCUT2D eigenvalue weighted by Crippen LogP contribution is -2.45. The number of piperazine rings is 1. The van der Waals surface area contributed by atoms with Gasteiger partial charge in [-0.15, -0.1) is 0 Å². The Bertz CT molecular complexity index is 699. The molecule has 1 aromatic heterocycles. The minimum absolute atomic E-state index is 0.0107. The van der Waals surface area contributed by atoms with Gasteiger partial charge in [0.1, 0.15) is 5.15 Å². The zero-order valence-electron chi connectivity index (χ0n) is 13.1. The van der Waals surface area contributed by atoms with Crippen LogP contribution in [0.3, 0.4) is 0 Å². The fraction of sp³-hybridized carbons (Fsp3) is 0.471. The number of fused-ring (bicyclic) bond motifs is 1. The highest BCUT2D eigenvalue weighted by Gasteiger charge is 2.32. The van der Waals surface area contributed by atoms with Crippen molar-refractivity contribution in [3.05, 3.63) is 41.0 Å². The summed E-state index contributed by atoms with van der Waals surface area (Å²) in [7, 11) is 0. The third-order valence-corrected chi connectivity index (χ3v) is 4.66. The molecule has 0 radical (unpaired) electrons. The summed E-state index contributed by atoms with van der Waals surface area (Å²) in [6.07, 6.45) is -5.02. The molecule has 0 amide bonds. The number of hydrogen-bond acceptors (Lipinski definition) is 3. The van der Waals surface area contributed by atoms with E-state index in [1.165, 1.54) is 0 Å². The Morgan fingerprint density at radius 2 is 1.92 bits per heavy atom. The molecule has 130 valence electrons. The molecule has 0 spiro atoms. The van der Waals surface area contributed by atoms with Crippen molar-refractivity contribution in [1.29, 1.82) is 0 Å². The van der Waals surface area contributed by atoms with Gasteiger partial charge in [0.2, 0.25) is 0 Å². The predicted molar refractivity (Wildman–Crippen MR) is 89.2 cm³/mol. The number of pyridine rings is 1. The predicted octanol–water partition coefficient (Wildman–Crippen LogP) is 4.18. The topological polar surface area (TPSA) is 28.2 Å². The highest BCUT2D eigenvalue weighted by atomic mass is 35.5. The van der Waals surface area contributed by atoms with Crippen LogP contribution in [0.2, 0.25) is 5.15 Å². The molecule has 0 unspecified atom stereocenters. The van der Waals surface area contributed by atoms with Gasteiger partial charge in [-0.1, -0.05) is 29.8 Å². The lowest BCUT2D eigenvalue weighted by atomic mass is 9.99. The number of hydrogen-bond donors (Lipinski definition) is 1. The zero-order valence-corrected chi connectivity index (χ0v) is 13.9. The third kappa shape index (κ3) is 4.18. The molecule has 1 aliphatic rings. The van der Waals surface area contributed by atoms with Gasteiger partial charge < -0.3 is 5.32 Å². The van der Waals surface area contributed by atoms with E-state index in [1.807, 2.05) is 30.3 Å². The van der Waals surface area contributed by atoms with Crippen molar-refractivity contribution in [2.75, 3.05) is 26.2 Å². The minimum Gasteiger partial charge on any atom is -0.314 e. The van der Waals surface area contributed by atoms with E-state index in [-0.39, 0.29) is 12.5 Å². The van der Waals surface area contributed by atoms with E-state index in [0.717, 1.165) is 24.0 Å². The van der Waals surface area contributed by atoms with E-state index < -0.39 is 12.6 Å². The van der Waals surface area contributed by atoms with Gasteiger partial charge in [-0.3, -0.25) is 4.90 Å². The van der Waals surface area contributed by atoms with Crippen molar-refractivity contribution < 1.29 is 13.2 Å². The number of benzene rings is 1. The highest BCUT2D eigenvalue weighted by molar-refractivity contribution is 6.30. The summed E-state index contributed by atoms with van der Waals surface area (Å²) in [6, 6.07) is 9.01. The molecule has 0 saturated carbocycles. The second-order valence-corrected chi connectivity index (χ2v) is 6.37. The average Bonchev–Trinajstić information content (AvgIpc) is 2.55. The lowest BCUT2D eigenvalue weighted by molar-refractivity contribution is -0.138. The molecule has 1 saturated heterocycles. The van der Waals surface area contributed by atoms with Crippen LogP contribution >= 0.6 is 11.6 Å². The summed E-state index contributed by atoms with van der Waals surface area (Å²) >= 11 is 6.33. The van der Waals surface area contributed by atoms with E-state index in [0.29, 0.717) is 23.8 Å². The summed E-state index contributed by atoms with van der Waals surface area (Å²) in [5, 5.41) is 4.41. The van der Waals surface area contributed by atoms with Crippen LogP contribution in [0, 0.1) is 0 Å². The molecule has 1 N–H and O–H groups in total. The van der Waals surface area contributed by atoms with Crippen molar-refractivity contribution in [2.45, 2.75) is 25.1 Å². The van der Waals surface area contributed by atoms with E-state index in [9.17, 15) is 13.2 Å². The number of aromatic nitrogens is 1. The summed E-state index contributed by atoms with van der Waals surface area (Å²) in [4.78, 5) is 6.45. The maximum Gasteiger partial charge on any atom is 0.389 e. The molecule has 7 heteroatoms. The van der Waals surface area contributed by atoms with Crippen LogP contribution in [-0.2, 0) is 0 Å². The van der Waals surface area contributed by atoms with Gasteiger partial charge in [0.15, 0.2) is 0 Å². The van der Waals surface area contributed by atoms with Crippen LogP contribution in [-0.4, -0.2) is 42.2 Å².